The zero-order chi connectivity index (χ0) is 23.0. The van der Waals surface area contributed by atoms with Crippen molar-refractivity contribution in [2.45, 2.75) is 135 Å². The molecule has 2 rings (SSSR count). The maximum atomic E-state index is 12.4. The number of hydrogen-bond acceptors (Lipinski definition) is 2. The van der Waals surface area contributed by atoms with Gasteiger partial charge in [0.25, 0.3) is 0 Å². The van der Waals surface area contributed by atoms with Gasteiger partial charge in [-0.25, -0.2) is 0 Å². The van der Waals surface area contributed by atoms with Gasteiger partial charge in [0.1, 0.15) is 5.78 Å². The lowest BCUT2D eigenvalue weighted by Crippen LogP contribution is -2.13. The number of ketones is 2. The van der Waals surface area contributed by atoms with E-state index in [2.05, 4.69) is 26.0 Å². The summed E-state index contributed by atoms with van der Waals surface area (Å²) in [6.07, 6.45) is 21.9. The first kappa shape index (κ1) is 26.8. The molecule has 0 atom stereocenters. The van der Waals surface area contributed by atoms with Crippen LogP contribution in [0.2, 0.25) is 0 Å². The second-order valence-electron chi connectivity index (χ2n) is 10.2. The molecule has 1 aliphatic rings. The summed E-state index contributed by atoms with van der Waals surface area (Å²) in [5, 5.41) is 0. The normalized spacial score (nSPS) is 18.6. The fourth-order valence-electron chi connectivity index (χ4n) is 5.21. The van der Waals surface area contributed by atoms with Gasteiger partial charge in [-0.15, -0.1) is 0 Å². The van der Waals surface area contributed by atoms with Crippen molar-refractivity contribution in [3.05, 3.63) is 35.4 Å². The van der Waals surface area contributed by atoms with E-state index in [1.165, 1.54) is 95.5 Å². The molecule has 0 aliphatic heterocycles. The topological polar surface area (TPSA) is 34.1 Å². The lowest BCUT2D eigenvalue weighted by molar-refractivity contribution is -0.118. The van der Waals surface area contributed by atoms with E-state index in [0.717, 1.165) is 18.8 Å². The summed E-state index contributed by atoms with van der Waals surface area (Å²) in [4.78, 5) is 24.2. The molecule has 180 valence electrons. The van der Waals surface area contributed by atoms with Gasteiger partial charge in [-0.3, -0.25) is 9.59 Å². The summed E-state index contributed by atoms with van der Waals surface area (Å²) in [6, 6.07) is 8.16. The Morgan fingerprint density at radius 3 is 1.88 bits per heavy atom. The van der Waals surface area contributed by atoms with Crippen molar-refractivity contribution in [1.29, 1.82) is 0 Å². The number of carbonyl (C=O) groups is 2. The predicted octanol–water partition coefficient (Wildman–Crippen LogP) is 9.21. The number of Topliss-reactive ketones (excluding diaryl/α,β-unsaturated/α-hetero) is 2. The molecule has 1 aromatic carbocycles. The molecular formula is C30H48O2. The second-order valence-corrected chi connectivity index (χ2v) is 10.2. The molecule has 1 saturated carbocycles. The Balaban J connectivity index is 1.60. The van der Waals surface area contributed by atoms with Crippen LogP contribution >= 0.6 is 0 Å². The van der Waals surface area contributed by atoms with Crippen molar-refractivity contribution in [2.24, 2.45) is 5.92 Å². The highest BCUT2D eigenvalue weighted by Crippen LogP contribution is 2.37. The average molecular weight is 441 g/mol. The minimum Gasteiger partial charge on any atom is -0.299 e. The Labute approximate surface area is 198 Å². The van der Waals surface area contributed by atoms with Crippen LogP contribution < -0.4 is 0 Å². The molecule has 0 heterocycles. The smallest absolute Gasteiger partial charge is 0.170 e. The lowest BCUT2D eigenvalue weighted by atomic mass is 9.77. The first-order chi connectivity index (χ1) is 15.6. The van der Waals surface area contributed by atoms with Gasteiger partial charge in [0, 0.05) is 12.0 Å². The minimum absolute atomic E-state index is 0.0256. The van der Waals surface area contributed by atoms with E-state index in [0.29, 0.717) is 17.9 Å². The van der Waals surface area contributed by atoms with Crippen LogP contribution in [0, 0.1) is 5.92 Å². The molecular weight excluding hydrogens is 392 g/mol. The van der Waals surface area contributed by atoms with Gasteiger partial charge in [-0.2, -0.15) is 0 Å². The predicted molar refractivity (Wildman–Crippen MR) is 136 cm³/mol. The molecule has 0 aromatic heterocycles. The van der Waals surface area contributed by atoms with Crippen molar-refractivity contribution < 1.29 is 9.59 Å². The number of unbranched alkanes of at least 4 members (excludes halogenated alkanes) is 9. The van der Waals surface area contributed by atoms with Crippen molar-refractivity contribution in [2.75, 3.05) is 0 Å². The molecule has 2 nitrogen and oxygen atoms in total. The fraction of sp³-hybridized carbons (Fsp3) is 0.733. The van der Waals surface area contributed by atoms with Gasteiger partial charge < -0.3 is 0 Å². The zero-order valence-corrected chi connectivity index (χ0v) is 21.0. The Morgan fingerprint density at radius 1 is 0.719 bits per heavy atom. The van der Waals surface area contributed by atoms with Gasteiger partial charge >= 0.3 is 0 Å². The number of carbonyl (C=O) groups excluding carboxylic acids is 2. The maximum Gasteiger partial charge on any atom is 0.170 e. The molecule has 0 radical (unpaired) electrons. The highest BCUT2D eigenvalue weighted by atomic mass is 16.1. The summed E-state index contributed by atoms with van der Waals surface area (Å²) in [7, 11) is 0. The van der Waals surface area contributed by atoms with E-state index >= 15 is 0 Å². The molecule has 0 spiro atoms. The summed E-state index contributed by atoms with van der Waals surface area (Å²) in [5.41, 5.74) is 2.07. The van der Waals surface area contributed by atoms with E-state index in [9.17, 15) is 9.59 Å². The largest absolute Gasteiger partial charge is 0.299 e. The third-order valence-corrected chi connectivity index (χ3v) is 7.43. The van der Waals surface area contributed by atoms with Crippen LogP contribution in [0.25, 0.3) is 0 Å². The van der Waals surface area contributed by atoms with Crippen LogP contribution in [0.15, 0.2) is 24.3 Å². The van der Waals surface area contributed by atoms with Crippen molar-refractivity contribution in [3.63, 3.8) is 0 Å². The number of rotatable bonds is 17. The van der Waals surface area contributed by atoms with E-state index in [-0.39, 0.29) is 18.0 Å². The molecule has 0 bridgehead atoms. The lowest BCUT2D eigenvalue weighted by Gasteiger charge is -2.29. The molecule has 0 N–H and O–H groups in total. The molecule has 1 aliphatic carbocycles. The van der Waals surface area contributed by atoms with Gasteiger partial charge in [0.2, 0.25) is 0 Å². The summed E-state index contributed by atoms with van der Waals surface area (Å²) in [5.74, 6) is 1.61. The van der Waals surface area contributed by atoms with Crippen LogP contribution in [0.3, 0.4) is 0 Å². The van der Waals surface area contributed by atoms with E-state index in [4.69, 9.17) is 0 Å². The Bertz CT molecular complexity index is 637. The highest BCUT2D eigenvalue weighted by Gasteiger charge is 2.22. The molecule has 1 aromatic rings. The van der Waals surface area contributed by atoms with Crippen LogP contribution in [0.4, 0.5) is 0 Å². The Hall–Kier alpha value is -1.44. The minimum atomic E-state index is -0.0256. The maximum absolute atomic E-state index is 12.4. The van der Waals surface area contributed by atoms with Crippen molar-refractivity contribution >= 4 is 11.6 Å². The van der Waals surface area contributed by atoms with E-state index in [1.807, 2.05) is 12.1 Å². The number of hydrogen-bond donors (Lipinski definition) is 0. The quantitative estimate of drug-likeness (QED) is 0.137. The van der Waals surface area contributed by atoms with E-state index < -0.39 is 0 Å². The molecule has 0 saturated heterocycles. The molecule has 2 heteroatoms. The third kappa shape index (κ3) is 10.5. The van der Waals surface area contributed by atoms with Gasteiger partial charge in [-0.1, -0.05) is 109 Å². The number of benzene rings is 1. The van der Waals surface area contributed by atoms with Gasteiger partial charge in [0.05, 0.1) is 6.42 Å². The molecule has 0 amide bonds. The van der Waals surface area contributed by atoms with Crippen LogP contribution in [0.1, 0.15) is 151 Å². The fourth-order valence-corrected chi connectivity index (χ4v) is 5.21. The monoisotopic (exact) mass is 440 g/mol. The van der Waals surface area contributed by atoms with Crippen LogP contribution in [-0.2, 0) is 4.79 Å². The standard InChI is InChI=1S/C30H48O2/c1-3-5-7-8-9-10-11-12-13-14-25-16-18-26(19-17-25)27-20-22-28(23-21-27)30(32)24-29(31)15-6-4-2/h20-23,25-26H,3-19,24H2,1-2H3. The van der Waals surface area contributed by atoms with Crippen molar-refractivity contribution in [3.8, 4) is 0 Å². The van der Waals surface area contributed by atoms with Crippen molar-refractivity contribution in [1.82, 2.24) is 0 Å². The summed E-state index contributed by atoms with van der Waals surface area (Å²) < 4.78 is 0. The molecule has 32 heavy (non-hydrogen) atoms. The molecule has 0 unspecified atom stereocenters. The zero-order valence-electron chi connectivity index (χ0n) is 21.0. The highest BCUT2D eigenvalue weighted by molar-refractivity contribution is 6.07. The van der Waals surface area contributed by atoms with Gasteiger partial charge in [0.15, 0.2) is 5.78 Å². The summed E-state index contributed by atoms with van der Waals surface area (Å²) in [6.45, 7) is 4.35. The first-order valence-corrected chi connectivity index (χ1v) is 13.8. The third-order valence-electron chi connectivity index (χ3n) is 7.43. The SMILES string of the molecule is CCCCCCCCCCCC1CCC(c2ccc(C(=O)CC(=O)CCCC)cc2)CC1. The van der Waals surface area contributed by atoms with E-state index in [1.54, 1.807) is 0 Å². The second kappa shape index (κ2) is 16.2. The van der Waals surface area contributed by atoms with Gasteiger partial charge in [-0.05, 0) is 49.5 Å². The Morgan fingerprint density at radius 2 is 1.28 bits per heavy atom. The first-order valence-electron chi connectivity index (χ1n) is 13.8. The average Bonchev–Trinajstić information content (AvgIpc) is 2.82. The summed E-state index contributed by atoms with van der Waals surface area (Å²) >= 11 is 0. The molecule has 1 fully saturated rings. The Kier molecular flexibility index (Phi) is 13.6. The van der Waals surface area contributed by atoms with Crippen LogP contribution in [-0.4, -0.2) is 11.6 Å². The van der Waals surface area contributed by atoms with Crippen LogP contribution in [0.5, 0.6) is 0 Å².